The minimum absolute atomic E-state index is 0.151. The highest BCUT2D eigenvalue weighted by molar-refractivity contribution is 6.16. The van der Waals surface area contributed by atoms with Crippen molar-refractivity contribution in [3.63, 3.8) is 0 Å². The standard InChI is InChI=1S/C19H22O4/c1-11-9-14(10-12(2)16(11)20)17(21)15-13(3)18(22)23-19(15)7-5-4-6-8-19/h9-10,20H,4-8H2,1-3H3. The van der Waals surface area contributed by atoms with E-state index in [2.05, 4.69) is 0 Å². The van der Waals surface area contributed by atoms with Gasteiger partial charge in [-0.05, 0) is 69.7 Å². The smallest absolute Gasteiger partial charge is 0.335 e. The summed E-state index contributed by atoms with van der Waals surface area (Å²) in [7, 11) is 0. The maximum absolute atomic E-state index is 13.1. The Hall–Kier alpha value is -2.10. The van der Waals surface area contributed by atoms with E-state index in [0.717, 1.165) is 19.3 Å². The minimum Gasteiger partial charge on any atom is -0.507 e. The van der Waals surface area contributed by atoms with Crippen molar-refractivity contribution >= 4 is 11.8 Å². The largest absolute Gasteiger partial charge is 0.507 e. The van der Waals surface area contributed by atoms with Gasteiger partial charge in [-0.25, -0.2) is 4.79 Å². The molecule has 1 fully saturated rings. The molecule has 0 atom stereocenters. The van der Waals surface area contributed by atoms with Gasteiger partial charge in [0.25, 0.3) is 0 Å². The molecule has 1 aliphatic heterocycles. The van der Waals surface area contributed by atoms with Crippen molar-refractivity contribution in [2.24, 2.45) is 0 Å². The number of carbonyl (C=O) groups excluding carboxylic acids is 2. The van der Waals surface area contributed by atoms with E-state index in [0.29, 0.717) is 40.7 Å². The SMILES string of the molecule is CC1=C(C(=O)c2cc(C)c(O)c(C)c2)C2(CCCCC2)OC1=O. The second kappa shape index (κ2) is 5.52. The van der Waals surface area contributed by atoms with E-state index in [4.69, 9.17) is 4.74 Å². The number of aromatic hydroxyl groups is 1. The molecule has 4 heteroatoms. The number of phenols is 1. The lowest BCUT2D eigenvalue weighted by molar-refractivity contribution is -0.148. The van der Waals surface area contributed by atoms with E-state index in [9.17, 15) is 14.7 Å². The van der Waals surface area contributed by atoms with Crippen LogP contribution in [0.4, 0.5) is 0 Å². The van der Waals surface area contributed by atoms with Gasteiger partial charge in [-0.2, -0.15) is 0 Å². The van der Waals surface area contributed by atoms with Crippen molar-refractivity contribution in [3.05, 3.63) is 40.0 Å². The zero-order valence-corrected chi connectivity index (χ0v) is 13.9. The summed E-state index contributed by atoms with van der Waals surface area (Å²) in [4.78, 5) is 25.2. The molecule has 4 nitrogen and oxygen atoms in total. The second-order valence-corrected chi connectivity index (χ2v) is 6.73. The number of hydrogen-bond acceptors (Lipinski definition) is 4. The summed E-state index contributed by atoms with van der Waals surface area (Å²) < 4.78 is 5.66. The third kappa shape index (κ3) is 2.46. The molecule has 0 amide bonds. The first-order chi connectivity index (χ1) is 10.9. The van der Waals surface area contributed by atoms with Crippen molar-refractivity contribution in [2.45, 2.75) is 58.5 Å². The van der Waals surface area contributed by atoms with Crippen molar-refractivity contribution in [1.82, 2.24) is 0 Å². The van der Waals surface area contributed by atoms with Crippen LogP contribution in [0.15, 0.2) is 23.3 Å². The predicted molar refractivity (Wildman–Crippen MR) is 86.5 cm³/mol. The van der Waals surface area contributed by atoms with Crippen molar-refractivity contribution in [2.75, 3.05) is 0 Å². The van der Waals surface area contributed by atoms with E-state index in [1.54, 1.807) is 32.9 Å². The lowest BCUT2D eigenvalue weighted by atomic mass is 9.76. The van der Waals surface area contributed by atoms with Gasteiger partial charge in [-0.15, -0.1) is 0 Å². The Kier molecular flexibility index (Phi) is 3.78. The Balaban J connectivity index is 2.07. The average Bonchev–Trinajstić information content (AvgIpc) is 2.75. The van der Waals surface area contributed by atoms with E-state index in [1.165, 1.54) is 0 Å². The van der Waals surface area contributed by atoms with Crippen LogP contribution < -0.4 is 0 Å². The van der Waals surface area contributed by atoms with E-state index in [1.807, 2.05) is 0 Å². The number of benzene rings is 1. The van der Waals surface area contributed by atoms with Gasteiger partial charge in [0, 0.05) is 11.1 Å². The summed E-state index contributed by atoms with van der Waals surface area (Å²) in [6, 6.07) is 3.37. The molecule has 3 rings (SSSR count). The summed E-state index contributed by atoms with van der Waals surface area (Å²) >= 11 is 0. The lowest BCUT2D eigenvalue weighted by Crippen LogP contribution is -2.37. The zero-order valence-electron chi connectivity index (χ0n) is 13.9. The molecule has 1 saturated carbocycles. The van der Waals surface area contributed by atoms with Crippen LogP contribution in [0.25, 0.3) is 0 Å². The van der Waals surface area contributed by atoms with Gasteiger partial charge in [0.2, 0.25) is 0 Å². The van der Waals surface area contributed by atoms with Gasteiger partial charge >= 0.3 is 5.97 Å². The number of phenolic OH excluding ortho intramolecular Hbond substituents is 1. The molecule has 0 unspecified atom stereocenters. The monoisotopic (exact) mass is 314 g/mol. The van der Waals surface area contributed by atoms with Crippen LogP contribution in [0, 0.1) is 13.8 Å². The van der Waals surface area contributed by atoms with E-state index < -0.39 is 5.60 Å². The molecule has 1 aromatic carbocycles. The zero-order chi connectivity index (χ0) is 16.8. The lowest BCUT2D eigenvalue weighted by Gasteiger charge is -2.34. The third-order valence-electron chi connectivity index (χ3n) is 5.07. The molecule has 0 saturated heterocycles. The summed E-state index contributed by atoms with van der Waals surface area (Å²) in [5.74, 6) is -0.317. The third-order valence-corrected chi connectivity index (χ3v) is 5.07. The summed E-state index contributed by atoms with van der Waals surface area (Å²) in [6.45, 7) is 5.22. The molecule has 0 aromatic heterocycles. The number of carbonyl (C=O) groups is 2. The Morgan fingerprint density at radius 2 is 1.65 bits per heavy atom. The number of hydrogen-bond donors (Lipinski definition) is 1. The van der Waals surface area contributed by atoms with Crippen LogP contribution >= 0.6 is 0 Å². The fraction of sp³-hybridized carbons (Fsp3) is 0.474. The molecule has 0 radical (unpaired) electrons. The summed E-state index contributed by atoms with van der Waals surface area (Å²) in [5.41, 5.74) is 2.04. The summed E-state index contributed by atoms with van der Waals surface area (Å²) in [6.07, 6.45) is 4.47. The minimum atomic E-state index is -0.740. The molecular formula is C19H22O4. The number of aryl methyl sites for hydroxylation is 2. The molecule has 1 spiro atoms. The van der Waals surface area contributed by atoms with Gasteiger partial charge < -0.3 is 9.84 Å². The van der Waals surface area contributed by atoms with Crippen LogP contribution in [0.5, 0.6) is 5.75 Å². The van der Waals surface area contributed by atoms with Crippen molar-refractivity contribution < 1.29 is 19.4 Å². The molecule has 1 heterocycles. The van der Waals surface area contributed by atoms with Crippen molar-refractivity contribution in [3.8, 4) is 5.75 Å². The fourth-order valence-electron chi connectivity index (χ4n) is 3.83. The highest BCUT2D eigenvalue weighted by atomic mass is 16.6. The Bertz CT molecular complexity index is 698. The Morgan fingerprint density at radius 1 is 1.09 bits per heavy atom. The van der Waals surface area contributed by atoms with Crippen LogP contribution in [0.2, 0.25) is 0 Å². The predicted octanol–water partition coefficient (Wildman–Crippen LogP) is 3.77. The molecule has 1 aromatic rings. The first-order valence-electron chi connectivity index (χ1n) is 8.15. The van der Waals surface area contributed by atoms with Crippen LogP contribution in [0.3, 0.4) is 0 Å². The highest BCUT2D eigenvalue weighted by Crippen LogP contribution is 2.45. The normalized spacial score (nSPS) is 20.0. The Morgan fingerprint density at radius 3 is 2.22 bits per heavy atom. The first-order valence-corrected chi connectivity index (χ1v) is 8.15. The first kappa shape index (κ1) is 15.8. The number of Topliss-reactive ketones (excluding diaryl/α,β-unsaturated/α-hetero) is 1. The van der Waals surface area contributed by atoms with Crippen LogP contribution in [-0.2, 0) is 9.53 Å². The van der Waals surface area contributed by atoms with E-state index in [-0.39, 0.29) is 17.5 Å². The number of ether oxygens (including phenoxy) is 1. The molecule has 1 aliphatic carbocycles. The number of esters is 1. The topological polar surface area (TPSA) is 63.6 Å². The van der Waals surface area contributed by atoms with Gasteiger partial charge in [0.05, 0.1) is 5.57 Å². The number of ketones is 1. The van der Waals surface area contributed by atoms with Crippen molar-refractivity contribution in [1.29, 1.82) is 0 Å². The second-order valence-electron chi connectivity index (χ2n) is 6.73. The molecule has 2 aliphatic rings. The Labute approximate surface area is 136 Å². The fourth-order valence-corrected chi connectivity index (χ4v) is 3.83. The van der Waals surface area contributed by atoms with E-state index >= 15 is 0 Å². The maximum Gasteiger partial charge on any atom is 0.335 e. The molecule has 0 bridgehead atoms. The van der Waals surface area contributed by atoms with Crippen LogP contribution in [-0.4, -0.2) is 22.5 Å². The molecule has 122 valence electrons. The molecule has 23 heavy (non-hydrogen) atoms. The van der Waals surface area contributed by atoms with Crippen LogP contribution in [0.1, 0.15) is 60.5 Å². The van der Waals surface area contributed by atoms with Gasteiger partial charge in [0.15, 0.2) is 5.78 Å². The maximum atomic E-state index is 13.1. The highest BCUT2D eigenvalue weighted by Gasteiger charge is 2.49. The van der Waals surface area contributed by atoms with Gasteiger partial charge in [0.1, 0.15) is 11.4 Å². The quantitative estimate of drug-likeness (QED) is 0.667. The number of rotatable bonds is 2. The average molecular weight is 314 g/mol. The summed E-state index contributed by atoms with van der Waals surface area (Å²) in [5, 5.41) is 9.91. The van der Waals surface area contributed by atoms with Gasteiger partial charge in [-0.3, -0.25) is 4.79 Å². The van der Waals surface area contributed by atoms with Gasteiger partial charge in [-0.1, -0.05) is 6.42 Å². The molecular weight excluding hydrogens is 292 g/mol. The molecule has 1 N–H and O–H groups in total.